The number of furan rings is 1. The third-order valence-electron chi connectivity index (χ3n) is 3.35. The van der Waals surface area contributed by atoms with Crippen LogP contribution in [0.1, 0.15) is 22.2 Å². The molecule has 0 saturated heterocycles. The SMILES string of the molecule is O=C(NCC(O)c1ccsc1)c1ccc(-c2ccccc2Cl)o1. The maximum atomic E-state index is 12.1. The van der Waals surface area contributed by atoms with Gasteiger partial charge < -0.3 is 14.8 Å². The molecule has 0 spiro atoms. The van der Waals surface area contributed by atoms with E-state index in [0.717, 1.165) is 11.1 Å². The van der Waals surface area contributed by atoms with Gasteiger partial charge in [0.05, 0.1) is 11.1 Å². The lowest BCUT2D eigenvalue weighted by molar-refractivity contribution is 0.0890. The Hall–Kier alpha value is -2.08. The molecule has 2 aromatic heterocycles. The van der Waals surface area contributed by atoms with Gasteiger partial charge in [-0.1, -0.05) is 23.7 Å². The van der Waals surface area contributed by atoms with Crippen LogP contribution in [0.25, 0.3) is 11.3 Å². The van der Waals surface area contributed by atoms with Gasteiger partial charge in [0, 0.05) is 12.1 Å². The number of nitrogens with one attached hydrogen (secondary N) is 1. The topological polar surface area (TPSA) is 62.5 Å². The first-order chi connectivity index (χ1) is 11.1. The number of amides is 1. The van der Waals surface area contributed by atoms with Crippen LogP contribution in [0, 0.1) is 0 Å². The normalized spacial score (nSPS) is 12.1. The Labute approximate surface area is 142 Å². The van der Waals surface area contributed by atoms with Crippen molar-refractivity contribution >= 4 is 28.8 Å². The maximum Gasteiger partial charge on any atom is 0.287 e. The molecule has 0 saturated carbocycles. The molecule has 1 atom stereocenters. The standard InChI is InChI=1S/C17H14ClNO3S/c18-13-4-2-1-3-12(13)15-5-6-16(22-15)17(21)19-9-14(20)11-7-8-23-10-11/h1-8,10,14,20H,9H2,(H,19,21). The van der Waals surface area contributed by atoms with Crippen molar-refractivity contribution < 1.29 is 14.3 Å². The van der Waals surface area contributed by atoms with Gasteiger partial charge in [0.25, 0.3) is 5.91 Å². The van der Waals surface area contributed by atoms with Gasteiger partial charge in [-0.2, -0.15) is 11.3 Å². The number of aliphatic hydroxyl groups excluding tert-OH is 1. The Morgan fingerprint density at radius 3 is 2.83 bits per heavy atom. The molecule has 0 aliphatic rings. The van der Waals surface area contributed by atoms with Crippen LogP contribution in [0.15, 0.2) is 57.6 Å². The van der Waals surface area contributed by atoms with E-state index in [1.54, 1.807) is 18.2 Å². The molecule has 0 aliphatic carbocycles. The van der Waals surface area contributed by atoms with E-state index in [4.69, 9.17) is 16.0 Å². The summed E-state index contributed by atoms with van der Waals surface area (Å²) in [4.78, 5) is 12.1. The molecule has 2 heterocycles. The third-order valence-corrected chi connectivity index (χ3v) is 4.38. The van der Waals surface area contributed by atoms with E-state index in [2.05, 4.69) is 5.32 Å². The first kappa shape index (κ1) is 15.8. The number of carbonyl (C=O) groups excluding carboxylic acids is 1. The van der Waals surface area contributed by atoms with Gasteiger partial charge in [0.1, 0.15) is 5.76 Å². The predicted octanol–water partition coefficient (Wildman–Crippen LogP) is 4.12. The highest BCUT2D eigenvalue weighted by Gasteiger charge is 2.15. The number of halogens is 1. The van der Waals surface area contributed by atoms with Crippen molar-refractivity contribution in [1.82, 2.24) is 5.32 Å². The van der Waals surface area contributed by atoms with E-state index in [1.807, 2.05) is 35.0 Å². The molecule has 2 N–H and O–H groups in total. The Morgan fingerprint density at radius 1 is 1.26 bits per heavy atom. The van der Waals surface area contributed by atoms with Crippen LogP contribution in [0.4, 0.5) is 0 Å². The van der Waals surface area contributed by atoms with E-state index >= 15 is 0 Å². The summed E-state index contributed by atoms with van der Waals surface area (Å²) >= 11 is 7.61. The van der Waals surface area contributed by atoms with Gasteiger partial charge in [-0.25, -0.2) is 0 Å². The van der Waals surface area contributed by atoms with E-state index < -0.39 is 6.10 Å². The Morgan fingerprint density at radius 2 is 2.09 bits per heavy atom. The van der Waals surface area contributed by atoms with Crippen molar-refractivity contribution in [2.75, 3.05) is 6.54 Å². The van der Waals surface area contributed by atoms with Gasteiger partial charge in [-0.3, -0.25) is 4.79 Å². The second-order valence-electron chi connectivity index (χ2n) is 4.93. The summed E-state index contributed by atoms with van der Waals surface area (Å²) in [6, 6.07) is 12.4. The molecule has 3 rings (SSSR count). The van der Waals surface area contributed by atoms with Crippen molar-refractivity contribution in [2.24, 2.45) is 0 Å². The largest absolute Gasteiger partial charge is 0.451 e. The summed E-state index contributed by atoms with van der Waals surface area (Å²) in [6.07, 6.45) is -0.733. The summed E-state index contributed by atoms with van der Waals surface area (Å²) in [6.45, 7) is 0.123. The zero-order valence-corrected chi connectivity index (χ0v) is 13.6. The zero-order valence-electron chi connectivity index (χ0n) is 12.0. The number of thiophene rings is 1. The molecule has 1 unspecified atom stereocenters. The molecule has 0 fully saturated rings. The molecule has 1 aromatic carbocycles. The maximum absolute atomic E-state index is 12.1. The zero-order chi connectivity index (χ0) is 16.2. The second-order valence-corrected chi connectivity index (χ2v) is 6.11. The van der Waals surface area contributed by atoms with Crippen LogP contribution < -0.4 is 5.32 Å². The van der Waals surface area contributed by atoms with E-state index in [-0.39, 0.29) is 18.2 Å². The highest BCUT2D eigenvalue weighted by molar-refractivity contribution is 7.07. The van der Waals surface area contributed by atoms with Gasteiger partial charge in [-0.15, -0.1) is 0 Å². The van der Waals surface area contributed by atoms with Crippen LogP contribution in [-0.4, -0.2) is 17.6 Å². The van der Waals surface area contributed by atoms with E-state index in [1.165, 1.54) is 11.3 Å². The molecule has 3 aromatic rings. The molecule has 6 heteroatoms. The molecule has 1 amide bonds. The fourth-order valence-corrected chi connectivity index (χ4v) is 3.06. The smallest absolute Gasteiger partial charge is 0.287 e. The third kappa shape index (κ3) is 3.64. The van der Waals surface area contributed by atoms with E-state index in [9.17, 15) is 9.90 Å². The summed E-state index contributed by atoms with van der Waals surface area (Å²) in [5, 5.41) is 16.9. The van der Waals surface area contributed by atoms with Crippen LogP contribution in [0.5, 0.6) is 0 Å². The molecule has 118 valence electrons. The van der Waals surface area contributed by atoms with Gasteiger partial charge in [0.2, 0.25) is 0 Å². The van der Waals surface area contributed by atoms with Crippen LogP contribution in [0.3, 0.4) is 0 Å². The summed E-state index contributed by atoms with van der Waals surface area (Å²) in [5.41, 5.74) is 1.51. The minimum atomic E-state index is -0.733. The quantitative estimate of drug-likeness (QED) is 0.729. The Kier molecular flexibility index (Phi) is 4.81. The lowest BCUT2D eigenvalue weighted by atomic mass is 10.2. The van der Waals surface area contributed by atoms with E-state index in [0.29, 0.717) is 10.8 Å². The highest BCUT2D eigenvalue weighted by Crippen LogP contribution is 2.29. The summed E-state index contributed by atoms with van der Waals surface area (Å²) in [7, 11) is 0. The lowest BCUT2D eigenvalue weighted by Crippen LogP contribution is -2.27. The number of benzene rings is 1. The monoisotopic (exact) mass is 347 g/mol. The summed E-state index contributed by atoms with van der Waals surface area (Å²) < 4.78 is 5.56. The number of hydrogen-bond donors (Lipinski definition) is 2. The average molecular weight is 348 g/mol. The minimum Gasteiger partial charge on any atom is -0.451 e. The fourth-order valence-electron chi connectivity index (χ4n) is 2.12. The van der Waals surface area contributed by atoms with Crippen molar-refractivity contribution in [3.8, 4) is 11.3 Å². The lowest BCUT2D eigenvalue weighted by Gasteiger charge is -2.09. The van der Waals surface area contributed by atoms with Crippen LogP contribution >= 0.6 is 22.9 Å². The first-order valence-corrected chi connectivity index (χ1v) is 8.30. The average Bonchev–Trinajstić information content (AvgIpc) is 3.24. The molecule has 23 heavy (non-hydrogen) atoms. The van der Waals surface area contributed by atoms with Gasteiger partial charge in [0.15, 0.2) is 5.76 Å². The predicted molar refractivity (Wildman–Crippen MR) is 90.8 cm³/mol. The number of carbonyl (C=O) groups is 1. The van der Waals surface area contributed by atoms with Crippen molar-refractivity contribution in [2.45, 2.75) is 6.10 Å². The second kappa shape index (κ2) is 7.00. The number of hydrogen-bond acceptors (Lipinski definition) is 4. The van der Waals surface area contributed by atoms with Crippen LogP contribution in [0.2, 0.25) is 5.02 Å². The van der Waals surface area contributed by atoms with Crippen LogP contribution in [-0.2, 0) is 0 Å². The molecule has 4 nitrogen and oxygen atoms in total. The van der Waals surface area contributed by atoms with Crippen molar-refractivity contribution in [3.63, 3.8) is 0 Å². The summed E-state index contributed by atoms with van der Waals surface area (Å²) in [5.74, 6) is 0.328. The van der Waals surface area contributed by atoms with Gasteiger partial charge in [-0.05, 0) is 46.7 Å². The molecule has 0 aliphatic heterocycles. The molecular weight excluding hydrogens is 334 g/mol. The van der Waals surface area contributed by atoms with Crippen molar-refractivity contribution in [1.29, 1.82) is 0 Å². The van der Waals surface area contributed by atoms with Gasteiger partial charge >= 0.3 is 0 Å². The first-order valence-electron chi connectivity index (χ1n) is 6.98. The number of rotatable bonds is 5. The Bertz CT molecular complexity index is 798. The number of aliphatic hydroxyl groups is 1. The highest BCUT2D eigenvalue weighted by atomic mass is 35.5. The fraction of sp³-hybridized carbons (Fsp3) is 0.118. The minimum absolute atomic E-state index is 0.123. The van der Waals surface area contributed by atoms with Crippen molar-refractivity contribution in [3.05, 3.63) is 69.6 Å². The molecule has 0 radical (unpaired) electrons. The molecular formula is C17H14ClNO3S. The Balaban J connectivity index is 1.66. The molecule has 0 bridgehead atoms.